The minimum Gasteiger partial charge on any atom is -0.494 e. The molecule has 0 spiro atoms. The SMILES string of the molecule is COCc1ccc(OC)c(Br)n1. The quantitative estimate of drug-likeness (QED) is 0.747. The molecule has 1 heterocycles. The van der Waals surface area contributed by atoms with Crippen molar-refractivity contribution >= 4 is 15.9 Å². The van der Waals surface area contributed by atoms with Crippen molar-refractivity contribution in [1.29, 1.82) is 0 Å². The summed E-state index contributed by atoms with van der Waals surface area (Å²) in [5.74, 6) is 0.731. The Morgan fingerprint density at radius 2 is 2.17 bits per heavy atom. The lowest BCUT2D eigenvalue weighted by molar-refractivity contribution is 0.181. The van der Waals surface area contributed by atoms with Gasteiger partial charge in [-0.05, 0) is 28.1 Å². The first-order chi connectivity index (χ1) is 5.77. The molecule has 0 N–H and O–H groups in total. The molecule has 0 saturated heterocycles. The Labute approximate surface area is 79.8 Å². The fraction of sp³-hybridized carbons (Fsp3) is 0.375. The molecule has 0 amide bonds. The molecule has 3 nitrogen and oxygen atoms in total. The summed E-state index contributed by atoms with van der Waals surface area (Å²) in [6.45, 7) is 0.516. The number of hydrogen-bond donors (Lipinski definition) is 0. The molecule has 0 fully saturated rings. The number of hydrogen-bond acceptors (Lipinski definition) is 3. The third-order valence-electron chi connectivity index (χ3n) is 1.38. The third-order valence-corrected chi connectivity index (χ3v) is 1.95. The highest BCUT2D eigenvalue weighted by Crippen LogP contribution is 2.22. The zero-order chi connectivity index (χ0) is 8.97. The highest BCUT2D eigenvalue weighted by atomic mass is 79.9. The van der Waals surface area contributed by atoms with E-state index in [0.717, 1.165) is 11.4 Å². The summed E-state index contributed by atoms with van der Waals surface area (Å²) in [6.07, 6.45) is 0. The van der Waals surface area contributed by atoms with E-state index < -0.39 is 0 Å². The Hall–Kier alpha value is -0.610. The zero-order valence-corrected chi connectivity index (χ0v) is 8.59. The van der Waals surface area contributed by atoms with Gasteiger partial charge >= 0.3 is 0 Å². The van der Waals surface area contributed by atoms with Crippen LogP contribution in [0.3, 0.4) is 0 Å². The largest absolute Gasteiger partial charge is 0.494 e. The van der Waals surface area contributed by atoms with Gasteiger partial charge in [-0.25, -0.2) is 4.98 Å². The van der Waals surface area contributed by atoms with Gasteiger partial charge in [0.05, 0.1) is 19.4 Å². The number of aromatic nitrogens is 1. The Kier molecular flexibility index (Phi) is 3.49. The lowest BCUT2D eigenvalue weighted by atomic mass is 10.3. The first-order valence-electron chi connectivity index (χ1n) is 3.46. The maximum atomic E-state index is 5.03. The highest BCUT2D eigenvalue weighted by Gasteiger charge is 2.01. The van der Waals surface area contributed by atoms with Gasteiger partial charge in [0.2, 0.25) is 0 Å². The number of halogens is 1. The second-order valence-electron chi connectivity index (χ2n) is 2.23. The summed E-state index contributed by atoms with van der Waals surface area (Å²) in [6, 6.07) is 3.72. The summed E-state index contributed by atoms with van der Waals surface area (Å²) in [5, 5.41) is 0. The van der Waals surface area contributed by atoms with Gasteiger partial charge in [-0.15, -0.1) is 0 Å². The Balaban J connectivity index is 2.86. The van der Waals surface area contributed by atoms with Crippen LogP contribution in [-0.4, -0.2) is 19.2 Å². The summed E-state index contributed by atoms with van der Waals surface area (Å²) in [5.41, 5.74) is 0.880. The zero-order valence-electron chi connectivity index (χ0n) is 7.00. The Morgan fingerprint density at radius 1 is 1.42 bits per heavy atom. The molecular formula is C8H10BrNO2. The van der Waals surface area contributed by atoms with Gasteiger partial charge in [0.25, 0.3) is 0 Å². The van der Waals surface area contributed by atoms with E-state index in [-0.39, 0.29) is 0 Å². The minimum absolute atomic E-state index is 0.516. The van der Waals surface area contributed by atoms with Gasteiger partial charge in [-0.1, -0.05) is 0 Å². The molecule has 0 unspecified atom stereocenters. The van der Waals surface area contributed by atoms with Crippen LogP contribution in [0.25, 0.3) is 0 Å². The second-order valence-corrected chi connectivity index (χ2v) is 2.98. The predicted octanol–water partition coefficient (Wildman–Crippen LogP) is 2.00. The molecule has 0 bridgehead atoms. The molecule has 1 aromatic rings. The van der Waals surface area contributed by atoms with E-state index in [9.17, 15) is 0 Å². The van der Waals surface area contributed by atoms with E-state index in [1.165, 1.54) is 0 Å². The van der Waals surface area contributed by atoms with E-state index in [4.69, 9.17) is 9.47 Å². The number of pyridine rings is 1. The van der Waals surface area contributed by atoms with Crippen LogP contribution >= 0.6 is 15.9 Å². The van der Waals surface area contributed by atoms with Crippen LogP contribution in [0.5, 0.6) is 5.75 Å². The van der Waals surface area contributed by atoms with Crippen molar-refractivity contribution in [3.05, 3.63) is 22.4 Å². The Morgan fingerprint density at radius 3 is 2.67 bits per heavy atom. The van der Waals surface area contributed by atoms with Crippen molar-refractivity contribution in [2.45, 2.75) is 6.61 Å². The van der Waals surface area contributed by atoms with Crippen molar-refractivity contribution in [1.82, 2.24) is 4.98 Å². The van der Waals surface area contributed by atoms with Crippen molar-refractivity contribution < 1.29 is 9.47 Å². The average molecular weight is 232 g/mol. The molecule has 12 heavy (non-hydrogen) atoms. The molecule has 66 valence electrons. The fourth-order valence-electron chi connectivity index (χ4n) is 0.840. The molecule has 1 aromatic heterocycles. The van der Waals surface area contributed by atoms with Crippen LogP contribution in [0, 0.1) is 0 Å². The van der Waals surface area contributed by atoms with E-state index in [1.54, 1.807) is 14.2 Å². The summed E-state index contributed by atoms with van der Waals surface area (Å²) in [7, 11) is 3.25. The number of methoxy groups -OCH3 is 2. The van der Waals surface area contributed by atoms with Gasteiger partial charge < -0.3 is 9.47 Å². The van der Waals surface area contributed by atoms with Crippen LogP contribution < -0.4 is 4.74 Å². The molecule has 0 aliphatic carbocycles. The first-order valence-corrected chi connectivity index (χ1v) is 4.25. The monoisotopic (exact) mass is 231 g/mol. The molecule has 0 aliphatic heterocycles. The van der Waals surface area contributed by atoms with Crippen LogP contribution in [0.1, 0.15) is 5.69 Å². The van der Waals surface area contributed by atoms with Gasteiger partial charge in [-0.2, -0.15) is 0 Å². The Bertz CT molecular complexity index is 265. The molecule has 4 heteroatoms. The smallest absolute Gasteiger partial charge is 0.151 e. The predicted molar refractivity (Wildman–Crippen MR) is 49.2 cm³/mol. The number of rotatable bonds is 3. The number of nitrogens with zero attached hydrogens (tertiary/aromatic N) is 1. The van der Waals surface area contributed by atoms with Crippen LogP contribution in [-0.2, 0) is 11.3 Å². The van der Waals surface area contributed by atoms with Gasteiger partial charge in [0, 0.05) is 7.11 Å². The normalized spacial score (nSPS) is 9.92. The van der Waals surface area contributed by atoms with Gasteiger partial charge in [-0.3, -0.25) is 0 Å². The lowest BCUT2D eigenvalue weighted by Crippen LogP contribution is -1.94. The van der Waals surface area contributed by atoms with E-state index >= 15 is 0 Å². The standard InChI is InChI=1S/C8H10BrNO2/c1-11-5-6-3-4-7(12-2)8(9)10-6/h3-4H,5H2,1-2H3. The minimum atomic E-state index is 0.516. The second kappa shape index (κ2) is 4.42. The van der Waals surface area contributed by atoms with Crippen molar-refractivity contribution in [3.8, 4) is 5.75 Å². The molecule has 1 rings (SSSR count). The van der Waals surface area contributed by atoms with Crippen LogP contribution in [0.15, 0.2) is 16.7 Å². The fourth-order valence-corrected chi connectivity index (χ4v) is 1.36. The maximum Gasteiger partial charge on any atom is 0.151 e. The third kappa shape index (κ3) is 2.19. The maximum absolute atomic E-state index is 5.03. The molecule has 0 radical (unpaired) electrons. The topological polar surface area (TPSA) is 31.4 Å². The molecule has 0 aliphatic rings. The summed E-state index contributed by atoms with van der Waals surface area (Å²) < 4.78 is 10.7. The van der Waals surface area contributed by atoms with E-state index in [2.05, 4.69) is 20.9 Å². The molecular weight excluding hydrogens is 222 g/mol. The van der Waals surface area contributed by atoms with Crippen molar-refractivity contribution in [2.75, 3.05) is 14.2 Å². The van der Waals surface area contributed by atoms with Crippen molar-refractivity contribution in [2.24, 2.45) is 0 Å². The van der Waals surface area contributed by atoms with E-state index in [1.807, 2.05) is 12.1 Å². The number of ether oxygens (including phenoxy) is 2. The van der Waals surface area contributed by atoms with Gasteiger partial charge in [0.15, 0.2) is 5.75 Å². The molecule has 0 aromatic carbocycles. The van der Waals surface area contributed by atoms with Crippen LogP contribution in [0.2, 0.25) is 0 Å². The average Bonchev–Trinajstić information content (AvgIpc) is 2.05. The highest BCUT2D eigenvalue weighted by molar-refractivity contribution is 9.10. The summed E-state index contributed by atoms with van der Waals surface area (Å²) in [4.78, 5) is 4.20. The first kappa shape index (κ1) is 9.48. The van der Waals surface area contributed by atoms with Crippen LogP contribution in [0.4, 0.5) is 0 Å². The van der Waals surface area contributed by atoms with Crippen molar-refractivity contribution in [3.63, 3.8) is 0 Å². The summed E-state index contributed by atoms with van der Waals surface area (Å²) >= 11 is 3.29. The lowest BCUT2D eigenvalue weighted by Gasteiger charge is -2.03. The van der Waals surface area contributed by atoms with Gasteiger partial charge in [0.1, 0.15) is 4.60 Å². The molecule has 0 saturated carbocycles. The van der Waals surface area contributed by atoms with E-state index in [0.29, 0.717) is 11.2 Å². The molecule has 0 atom stereocenters.